The third-order valence-corrected chi connectivity index (χ3v) is 4.62. The maximum atomic E-state index is 12.3. The summed E-state index contributed by atoms with van der Waals surface area (Å²) in [5.41, 5.74) is 1.97. The van der Waals surface area contributed by atoms with E-state index in [1.54, 1.807) is 0 Å². The molecule has 1 atom stereocenters. The highest BCUT2D eigenvalue weighted by molar-refractivity contribution is 5.98. The van der Waals surface area contributed by atoms with Gasteiger partial charge >= 0.3 is 0 Å². The smallest absolute Gasteiger partial charge is 0.223 e. The van der Waals surface area contributed by atoms with Gasteiger partial charge in [0, 0.05) is 31.5 Å². The zero-order valence-corrected chi connectivity index (χ0v) is 15.2. The van der Waals surface area contributed by atoms with Gasteiger partial charge in [-0.3, -0.25) is 9.59 Å². The molecule has 1 saturated heterocycles. The second-order valence-corrected chi connectivity index (χ2v) is 7.27. The molecule has 0 aromatic heterocycles. The number of amides is 1. The van der Waals surface area contributed by atoms with E-state index in [1.807, 2.05) is 36.2 Å². The Bertz CT molecular complexity index is 551. The summed E-state index contributed by atoms with van der Waals surface area (Å²) in [7, 11) is 1.94. The Morgan fingerprint density at radius 2 is 1.92 bits per heavy atom. The molecule has 132 valence electrons. The third-order valence-electron chi connectivity index (χ3n) is 4.62. The van der Waals surface area contributed by atoms with Crippen LogP contribution in [0.2, 0.25) is 0 Å². The van der Waals surface area contributed by atoms with Crippen molar-refractivity contribution in [3.63, 3.8) is 0 Å². The third kappa shape index (κ3) is 5.45. The Morgan fingerprint density at radius 1 is 1.21 bits per heavy atom. The second-order valence-electron chi connectivity index (χ2n) is 7.27. The van der Waals surface area contributed by atoms with Gasteiger partial charge in [0.2, 0.25) is 5.91 Å². The molecular formula is C20H30N2O2. The van der Waals surface area contributed by atoms with E-state index in [2.05, 4.69) is 19.2 Å². The van der Waals surface area contributed by atoms with E-state index >= 15 is 0 Å². The summed E-state index contributed by atoms with van der Waals surface area (Å²) in [5.74, 6) is 1.32. The van der Waals surface area contributed by atoms with Crippen LogP contribution in [-0.2, 0) is 11.2 Å². The average Bonchev–Trinajstić information content (AvgIpc) is 3.01. The van der Waals surface area contributed by atoms with Gasteiger partial charge in [-0.15, -0.1) is 0 Å². The Labute approximate surface area is 145 Å². The van der Waals surface area contributed by atoms with Gasteiger partial charge in [0.1, 0.15) is 0 Å². The number of hydrogen-bond acceptors (Lipinski definition) is 3. The molecule has 1 heterocycles. The lowest BCUT2D eigenvalue weighted by Crippen LogP contribution is -2.30. The van der Waals surface area contributed by atoms with Crippen molar-refractivity contribution in [3.05, 3.63) is 35.4 Å². The molecule has 1 amide bonds. The Hall–Kier alpha value is -1.68. The van der Waals surface area contributed by atoms with Gasteiger partial charge in [-0.05, 0) is 43.8 Å². The molecule has 4 heteroatoms. The summed E-state index contributed by atoms with van der Waals surface area (Å²) in [5, 5.41) is 3.16. The SMILES string of the molecule is CNCC1CCN(C(=O)CCC(=O)c2ccc(CC(C)C)cc2)C1. The highest BCUT2D eigenvalue weighted by Gasteiger charge is 2.25. The minimum Gasteiger partial charge on any atom is -0.342 e. The van der Waals surface area contributed by atoms with Crippen LogP contribution in [0, 0.1) is 11.8 Å². The predicted octanol–water partition coefficient (Wildman–Crippen LogP) is 2.92. The zero-order chi connectivity index (χ0) is 17.5. The van der Waals surface area contributed by atoms with Crippen LogP contribution in [0.1, 0.15) is 49.0 Å². The number of nitrogens with one attached hydrogen (secondary N) is 1. The van der Waals surface area contributed by atoms with Crippen molar-refractivity contribution in [2.24, 2.45) is 11.8 Å². The summed E-state index contributed by atoms with van der Waals surface area (Å²) in [6.45, 7) is 6.96. The van der Waals surface area contributed by atoms with Crippen molar-refractivity contribution < 1.29 is 9.59 Å². The molecule has 4 nitrogen and oxygen atoms in total. The molecule has 1 aliphatic heterocycles. The molecule has 2 rings (SSSR count). The van der Waals surface area contributed by atoms with E-state index in [4.69, 9.17) is 0 Å². The van der Waals surface area contributed by atoms with E-state index in [1.165, 1.54) is 5.56 Å². The number of carbonyl (C=O) groups excluding carboxylic acids is 2. The maximum Gasteiger partial charge on any atom is 0.223 e. The van der Waals surface area contributed by atoms with E-state index in [9.17, 15) is 9.59 Å². The second kappa shape index (κ2) is 8.97. The van der Waals surface area contributed by atoms with Gasteiger partial charge in [0.25, 0.3) is 0 Å². The molecular weight excluding hydrogens is 300 g/mol. The number of ketones is 1. The first-order valence-corrected chi connectivity index (χ1v) is 9.04. The molecule has 1 aliphatic rings. The fourth-order valence-corrected chi connectivity index (χ4v) is 3.34. The lowest BCUT2D eigenvalue weighted by Gasteiger charge is -2.16. The summed E-state index contributed by atoms with van der Waals surface area (Å²) < 4.78 is 0. The molecule has 0 saturated carbocycles. The van der Waals surface area contributed by atoms with Crippen molar-refractivity contribution in [2.75, 3.05) is 26.7 Å². The molecule has 1 aromatic carbocycles. The Morgan fingerprint density at radius 3 is 2.54 bits per heavy atom. The summed E-state index contributed by atoms with van der Waals surface area (Å²) in [6.07, 6.45) is 2.70. The molecule has 1 aromatic rings. The van der Waals surface area contributed by atoms with Gasteiger partial charge in [0.05, 0.1) is 0 Å². The molecule has 0 radical (unpaired) electrons. The van der Waals surface area contributed by atoms with Crippen molar-refractivity contribution in [1.82, 2.24) is 10.2 Å². The van der Waals surface area contributed by atoms with Crippen LogP contribution in [0.4, 0.5) is 0 Å². The molecule has 1 unspecified atom stereocenters. The van der Waals surface area contributed by atoms with E-state index < -0.39 is 0 Å². The molecule has 1 fully saturated rings. The van der Waals surface area contributed by atoms with Gasteiger partial charge in [-0.25, -0.2) is 0 Å². The quantitative estimate of drug-likeness (QED) is 0.746. The lowest BCUT2D eigenvalue weighted by atomic mass is 9.99. The molecule has 24 heavy (non-hydrogen) atoms. The normalized spacial score (nSPS) is 17.5. The van der Waals surface area contributed by atoms with Crippen molar-refractivity contribution in [1.29, 1.82) is 0 Å². The first-order chi connectivity index (χ1) is 11.5. The van der Waals surface area contributed by atoms with Gasteiger partial charge < -0.3 is 10.2 Å². The standard InChI is InChI=1S/C20H30N2O2/c1-15(2)12-16-4-6-18(7-5-16)19(23)8-9-20(24)22-11-10-17(14-22)13-21-3/h4-7,15,17,21H,8-14H2,1-3H3. The molecule has 0 bridgehead atoms. The van der Waals surface area contributed by atoms with Crippen LogP contribution in [0.5, 0.6) is 0 Å². The van der Waals surface area contributed by atoms with E-state index in [-0.39, 0.29) is 11.7 Å². The number of rotatable bonds is 8. The van der Waals surface area contributed by atoms with Crippen LogP contribution < -0.4 is 5.32 Å². The molecule has 0 spiro atoms. The largest absolute Gasteiger partial charge is 0.342 e. The number of hydrogen-bond donors (Lipinski definition) is 1. The van der Waals surface area contributed by atoms with E-state index in [0.717, 1.165) is 32.5 Å². The topological polar surface area (TPSA) is 49.4 Å². The first-order valence-electron chi connectivity index (χ1n) is 9.04. The first kappa shape index (κ1) is 18.7. The molecule has 0 aliphatic carbocycles. The van der Waals surface area contributed by atoms with Gasteiger partial charge in [-0.1, -0.05) is 38.1 Å². The number of carbonyl (C=O) groups is 2. The van der Waals surface area contributed by atoms with Crippen molar-refractivity contribution >= 4 is 11.7 Å². The summed E-state index contributed by atoms with van der Waals surface area (Å²) in [4.78, 5) is 26.4. The number of benzene rings is 1. The highest BCUT2D eigenvalue weighted by Crippen LogP contribution is 2.17. The van der Waals surface area contributed by atoms with Crippen LogP contribution in [0.25, 0.3) is 0 Å². The fraction of sp³-hybridized carbons (Fsp3) is 0.600. The van der Waals surface area contributed by atoms with Gasteiger partial charge in [-0.2, -0.15) is 0 Å². The Kier molecular flexibility index (Phi) is 6.98. The predicted molar refractivity (Wildman–Crippen MR) is 97.2 cm³/mol. The van der Waals surface area contributed by atoms with Crippen molar-refractivity contribution in [3.8, 4) is 0 Å². The minimum absolute atomic E-state index is 0.0606. The lowest BCUT2D eigenvalue weighted by molar-refractivity contribution is -0.130. The maximum absolute atomic E-state index is 12.3. The average molecular weight is 330 g/mol. The highest BCUT2D eigenvalue weighted by atomic mass is 16.2. The number of likely N-dealkylation sites (tertiary alicyclic amines) is 1. The summed E-state index contributed by atoms with van der Waals surface area (Å²) in [6, 6.07) is 7.84. The van der Waals surface area contributed by atoms with Crippen LogP contribution >= 0.6 is 0 Å². The minimum atomic E-state index is 0.0606. The van der Waals surface area contributed by atoms with Crippen LogP contribution in [-0.4, -0.2) is 43.3 Å². The van der Waals surface area contributed by atoms with Gasteiger partial charge in [0.15, 0.2) is 5.78 Å². The van der Waals surface area contributed by atoms with E-state index in [0.29, 0.717) is 30.2 Å². The number of nitrogens with zero attached hydrogens (tertiary/aromatic N) is 1. The zero-order valence-electron chi connectivity index (χ0n) is 15.2. The van der Waals surface area contributed by atoms with Crippen molar-refractivity contribution in [2.45, 2.75) is 39.5 Å². The molecule has 1 N–H and O–H groups in total. The monoisotopic (exact) mass is 330 g/mol. The number of Topliss-reactive ketones (excluding diaryl/α,β-unsaturated/α-hetero) is 1. The summed E-state index contributed by atoms with van der Waals surface area (Å²) >= 11 is 0. The van der Waals surface area contributed by atoms with Crippen LogP contribution in [0.15, 0.2) is 24.3 Å². The Balaban J connectivity index is 1.79. The fourth-order valence-electron chi connectivity index (χ4n) is 3.34. The van der Waals surface area contributed by atoms with Crippen LogP contribution in [0.3, 0.4) is 0 Å².